The zero-order chi connectivity index (χ0) is 29.2. The van der Waals surface area contributed by atoms with E-state index in [0.29, 0.717) is 32.2 Å². The molecule has 40 heavy (non-hydrogen) atoms. The number of nitrogens with zero attached hydrogens (tertiary/aromatic N) is 3. The van der Waals surface area contributed by atoms with Crippen LogP contribution in [0, 0.1) is 29.6 Å². The summed E-state index contributed by atoms with van der Waals surface area (Å²) in [7, 11) is 1.46. The van der Waals surface area contributed by atoms with Gasteiger partial charge in [0.25, 0.3) is 0 Å². The van der Waals surface area contributed by atoms with Crippen LogP contribution in [-0.4, -0.2) is 96.1 Å². The van der Waals surface area contributed by atoms with E-state index in [-0.39, 0.29) is 51.0 Å². The predicted octanol–water partition coefficient (Wildman–Crippen LogP) is 4.33. The number of halogens is 7. The molecule has 5 rings (SSSR count). The van der Waals surface area contributed by atoms with Crippen molar-refractivity contribution in [2.45, 2.75) is 101 Å². The van der Waals surface area contributed by atoms with E-state index in [1.54, 1.807) is 0 Å². The molecule has 7 unspecified atom stereocenters. The molecular formula is C27H42F7N5O. The first-order valence-electron chi connectivity index (χ1n) is 14.6. The minimum absolute atomic E-state index is 0.0141. The number of nitrogens with one attached hydrogen (secondary N) is 2. The molecule has 2 saturated carbocycles. The zero-order valence-electron chi connectivity index (χ0n) is 23.4. The molecule has 10 atom stereocenters. The number of hydrogen-bond acceptors (Lipinski definition) is 5. The number of carbonyl (C=O) groups excluding carboxylic acids is 1. The fourth-order valence-corrected chi connectivity index (χ4v) is 8.27. The van der Waals surface area contributed by atoms with E-state index in [4.69, 9.17) is 0 Å². The Hall–Kier alpha value is -1.18. The minimum Gasteiger partial charge on any atom is -0.339 e. The number of carbonyl (C=O) groups is 1. The molecule has 0 bridgehead atoms. The summed E-state index contributed by atoms with van der Waals surface area (Å²) in [5.74, 6) is -8.98. The third-order valence-corrected chi connectivity index (χ3v) is 10.9. The molecule has 5 fully saturated rings. The Morgan fingerprint density at radius 2 is 1.73 bits per heavy atom. The van der Waals surface area contributed by atoms with Crippen LogP contribution in [0.15, 0.2) is 0 Å². The van der Waals surface area contributed by atoms with Crippen molar-refractivity contribution in [2.75, 3.05) is 33.4 Å². The lowest BCUT2D eigenvalue weighted by molar-refractivity contribution is -0.206. The Bertz CT molecular complexity index is 935. The quantitative estimate of drug-likeness (QED) is 0.455. The van der Waals surface area contributed by atoms with Crippen molar-refractivity contribution in [2.24, 2.45) is 29.6 Å². The van der Waals surface area contributed by atoms with E-state index in [9.17, 15) is 22.4 Å². The summed E-state index contributed by atoms with van der Waals surface area (Å²) >= 11 is 0. The molecule has 0 spiro atoms. The molecule has 2 aliphatic carbocycles. The van der Waals surface area contributed by atoms with Gasteiger partial charge in [0.05, 0.1) is 12.6 Å². The monoisotopic (exact) mass is 585 g/mol. The fraction of sp³-hybridized carbons (Fsp3) is 0.963. The molecular weight excluding hydrogens is 543 g/mol. The van der Waals surface area contributed by atoms with Gasteiger partial charge in [-0.05, 0) is 71.3 Å². The lowest BCUT2D eigenvalue weighted by atomic mass is 9.67. The molecule has 3 aliphatic heterocycles. The van der Waals surface area contributed by atoms with Gasteiger partial charge in [0, 0.05) is 43.6 Å². The van der Waals surface area contributed by atoms with Crippen LogP contribution in [0.4, 0.5) is 30.7 Å². The second-order valence-corrected chi connectivity index (χ2v) is 13.1. The van der Waals surface area contributed by atoms with Crippen molar-refractivity contribution in [3.05, 3.63) is 0 Å². The molecule has 3 heterocycles. The van der Waals surface area contributed by atoms with Gasteiger partial charge in [0.15, 0.2) is 5.67 Å². The van der Waals surface area contributed by atoms with Gasteiger partial charge in [-0.1, -0.05) is 6.42 Å². The molecule has 5 aliphatic rings. The molecule has 3 saturated heterocycles. The first-order valence-corrected chi connectivity index (χ1v) is 14.6. The maximum absolute atomic E-state index is 16.0. The Morgan fingerprint density at radius 1 is 1.00 bits per heavy atom. The summed E-state index contributed by atoms with van der Waals surface area (Å²) in [6, 6.07) is -0.857. The highest BCUT2D eigenvalue weighted by Gasteiger charge is 2.63. The summed E-state index contributed by atoms with van der Waals surface area (Å²) < 4.78 is 104. The van der Waals surface area contributed by atoms with E-state index in [1.165, 1.54) is 16.8 Å². The number of hydrogen-bond donors (Lipinski definition) is 2. The Kier molecular flexibility index (Phi) is 8.20. The van der Waals surface area contributed by atoms with Crippen LogP contribution in [-0.2, 0) is 4.79 Å². The normalized spacial score (nSPS) is 40.9. The molecule has 0 radical (unpaired) electrons. The standard InChI is InChI=1S/C27H42F7N5O/c1-15(38-8-7-18(28)12-38)16-9-20-21(22(10-16)27(32,33)34)13-39(23(20)40)19-6-4-5-17(11-19)25(2,29)26(30,31)24-36-35-14-37(24)3/h15-22,24,35-36H,4-14H2,1-3H3/t15-,16?,17?,18+,19?,20?,21?,22?,24?,25-/m1/s1. The zero-order valence-corrected chi connectivity index (χ0v) is 23.4. The van der Waals surface area contributed by atoms with E-state index in [0.717, 1.165) is 6.92 Å². The topological polar surface area (TPSA) is 50.9 Å². The SMILES string of the molecule is C[C@H](C1CC2C(=O)N(C3CCCC([C@@](C)(F)C(F)(F)C4NNCN4C)C3)CC2C(C(F)(F)F)C1)N1CC[C@H](F)C1. The van der Waals surface area contributed by atoms with Crippen LogP contribution in [0.2, 0.25) is 0 Å². The van der Waals surface area contributed by atoms with Gasteiger partial charge >= 0.3 is 12.1 Å². The largest absolute Gasteiger partial charge is 0.392 e. The van der Waals surface area contributed by atoms with Gasteiger partial charge in [0.1, 0.15) is 12.3 Å². The smallest absolute Gasteiger partial charge is 0.339 e. The number of rotatable bonds is 6. The molecule has 13 heteroatoms. The number of likely N-dealkylation sites (tertiary alicyclic amines) is 2. The van der Waals surface area contributed by atoms with Gasteiger partial charge in [-0.2, -0.15) is 22.0 Å². The van der Waals surface area contributed by atoms with Crippen LogP contribution in [0.5, 0.6) is 0 Å². The lowest BCUT2D eigenvalue weighted by Gasteiger charge is -2.45. The number of fused-ring (bicyclic) bond motifs is 1. The third-order valence-electron chi connectivity index (χ3n) is 10.9. The predicted molar refractivity (Wildman–Crippen MR) is 134 cm³/mol. The highest BCUT2D eigenvalue weighted by Crippen LogP contribution is 2.53. The summed E-state index contributed by atoms with van der Waals surface area (Å²) in [4.78, 5) is 18.3. The van der Waals surface area contributed by atoms with Crippen LogP contribution >= 0.6 is 0 Å². The van der Waals surface area contributed by atoms with Gasteiger partial charge in [-0.15, -0.1) is 0 Å². The maximum Gasteiger partial charge on any atom is 0.392 e. The molecule has 0 aromatic heterocycles. The van der Waals surface area contributed by atoms with Crippen LogP contribution in [0.1, 0.15) is 58.8 Å². The number of alkyl halides is 7. The van der Waals surface area contributed by atoms with Gasteiger partial charge in [-0.3, -0.25) is 14.6 Å². The maximum atomic E-state index is 16.0. The summed E-state index contributed by atoms with van der Waals surface area (Å²) in [6.45, 7) is 3.46. The van der Waals surface area contributed by atoms with Crippen molar-refractivity contribution < 1.29 is 35.5 Å². The Morgan fingerprint density at radius 3 is 2.33 bits per heavy atom. The van der Waals surface area contributed by atoms with Crippen molar-refractivity contribution in [1.29, 1.82) is 0 Å². The number of hydrazine groups is 1. The molecule has 6 nitrogen and oxygen atoms in total. The molecule has 1 amide bonds. The highest BCUT2D eigenvalue weighted by molar-refractivity contribution is 5.82. The summed E-state index contributed by atoms with van der Waals surface area (Å²) in [6.07, 6.45) is -5.42. The average Bonchev–Trinajstić information content (AvgIpc) is 3.61. The van der Waals surface area contributed by atoms with Gasteiger partial charge in [0.2, 0.25) is 5.91 Å². The van der Waals surface area contributed by atoms with E-state index in [2.05, 4.69) is 10.9 Å². The molecule has 230 valence electrons. The first kappa shape index (κ1) is 30.3. The second-order valence-electron chi connectivity index (χ2n) is 13.1. The highest BCUT2D eigenvalue weighted by atomic mass is 19.4. The summed E-state index contributed by atoms with van der Waals surface area (Å²) in [5, 5.41) is 0. The van der Waals surface area contributed by atoms with Crippen LogP contribution < -0.4 is 10.9 Å². The first-order chi connectivity index (χ1) is 18.6. The average molecular weight is 586 g/mol. The van der Waals surface area contributed by atoms with Crippen LogP contribution in [0.25, 0.3) is 0 Å². The lowest BCUT2D eigenvalue weighted by Crippen LogP contribution is -2.62. The van der Waals surface area contributed by atoms with Crippen molar-refractivity contribution in [3.63, 3.8) is 0 Å². The second kappa shape index (κ2) is 10.8. The van der Waals surface area contributed by atoms with E-state index >= 15 is 13.2 Å². The molecule has 0 aromatic carbocycles. The Labute approximate surface area is 231 Å². The van der Waals surface area contributed by atoms with Crippen molar-refractivity contribution in [3.8, 4) is 0 Å². The van der Waals surface area contributed by atoms with Crippen molar-refractivity contribution in [1.82, 2.24) is 25.6 Å². The minimum atomic E-state index is -4.49. The molecule has 2 N–H and O–H groups in total. The van der Waals surface area contributed by atoms with E-state index < -0.39 is 65.7 Å². The van der Waals surface area contributed by atoms with Crippen molar-refractivity contribution >= 4 is 5.91 Å². The molecule has 0 aromatic rings. The van der Waals surface area contributed by atoms with Crippen LogP contribution in [0.3, 0.4) is 0 Å². The number of amides is 1. The Balaban J connectivity index is 1.32. The van der Waals surface area contributed by atoms with Gasteiger partial charge < -0.3 is 4.90 Å². The third kappa shape index (κ3) is 5.25. The van der Waals surface area contributed by atoms with Gasteiger partial charge in [-0.25, -0.2) is 19.6 Å². The summed E-state index contributed by atoms with van der Waals surface area (Å²) in [5.41, 5.74) is 2.16. The fourth-order valence-electron chi connectivity index (χ4n) is 8.27. The van der Waals surface area contributed by atoms with E-state index in [1.807, 2.05) is 11.8 Å².